The standard InChI is InChI=1S/C19H11N5O3S/c25-10-14-17-16-13(7-9-20-18(16)28-14)24(19(26)22-17)11-3-5-12(6-4-11)27-15-2-1-8-21-23-15/h1-10H,(H,22,26). The van der Waals surface area contributed by atoms with Crippen molar-refractivity contribution in [3.63, 3.8) is 0 Å². The van der Waals surface area contributed by atoms with Crippen molar-refractivity contribution < 1.29 is 14.3 Å². The highest BCUT2D eigenvalue weighted by molar-refractivity contribution is 7.21. The van der Waals surface area contributed by atoms with Gasteiger partial charge in [-0.2, -0.15) is 5.10 Å². The van der Waals surface area contributed by atoms with Gasteiger partial charge in [0.15, 0.2) is 6.29 Å². The van der Waals surface area contributed by atoms with Crippen LogP contribution in [-0.2, 0) is 0 Å². The first-order valence-corrected chi connectivity index (χ1v) is 9.09. The predicted octanol–water partition coefficient (Wildman–Crippen LogP) is 4.37. The number of ether oxygens (including phenoxy) is 1. The molecule has 2 amide bonds. The van der Waals surface area contributed by atoms with Gasteiger partial charge in [-0.25, -0.2) is 9.78 Å². The third kappa shape index (κ3) is 2.57. The molecule has 1 N–H and O–H groups in total. The number of hydrogen-bond donors (Lipinski definition) is 1. The van der Waals surface area contributed by atoms with Gasteiger partial charge in [-0.05, 0) is 36.4 Å². The summed E-state index contributed by atoms with van der Waals surface area (Å²) in [5, 5.41) is 11.2. The molecule has 8 nitrogen and oxygen atoms in total. The Labute approximate surface area is 162 Å². The monoisotopic (exact) mass is 389 g/mol. The van der Waals surface area contributed by atoms with Crippen LogP contribution in [0.2, 0.25) is 0 Å². The molecule has 1 aliphatic heterocycles. The van der Waals surface area contributed by atoms with E-state index >= 15 is 0 Å². The van der Waals surface area contributed by atoms with Crippen LogP contribution in [0.4, 0.5) is 21.9 Å². The SMILES string of the molecule is O=Cc1sc2nccc3c2c1NC(=O)N3c1ccc(Oc2cccnn2)cc1. The fourth-order valence-corrected chi connectivity index (χ4v) is 4.01. The number of amides is 2. The van der Waals surface area contributed by atoms with Crippen LogP contribution in [0.25, 0.3) is 10.2 Å². The molecule has 3 aromatic heterocycles. The van der Waals surface area contributed by atoms with Crippen molar-refractivity contribution in [3.8, 4) is 11.6 Å². The Morgan fingerprint density at radius 3 is 2.71 bits per heavy atom. The number of aldehydes is 1. The van der Waals surface area contributed by atoms with E-state index in [4.69, 9.17) is 4.74 Å². The van der Waals surface area contributed by atoms with Crippen LogP contribution in [0.5, 0.6) is 11.6 Å². The minimum absolute atomic E-state index is 0.343. The highest BCUT2D eigenvalue weighted by Crippen LogP contribution is 2.45. The van der Waals surface area contributed by atoms with E-state index in [2.05, 4.69) is 20.5 Å². The quantitative estimate of drug-likeness (QED) is 0.521. The summed E-state index contributed by atoms with van der Waals surface area (Å²) >= 11 is 1.25. The summed E-state index contributed by atoms with van der Waals surface area (Å²) in [6.07, 6.45) is 3.93. The number of rotatable bonds is 4. The molecule has 1 aromatic carbocycles. The topological polar surface area (TPSA) is 97.3 Å². The average Bonchev–Trinajstić information content (AvgIpc) is 3.09. The lowest BCUT2D eigenvalue weighted by Crippen LogP contribution is -2.33. The van der Waals surface area contributed by atoms with Crippen molar-refractivity contribution in [1.82, 2.24) is 15.2 Å². The molecule has 28 heavy (non-hydrogen) atoms. The van der Waals surface area contributed by atoms with Gasteiger partial charge in [-0.1, -0.05) is 0 Å². The predicted molar refractivity (Wildman–Crippen MR) is 105 cm³/mol. The first-order valence-electron chi connectivity index (χ1n) is 8.28. The van der Waals surface area contributed by atoms with E-state index in [0.29, 0.717) is 38.4 Å². The summed E-state index contributed by atoms with van der Waals surface area (Å²) in [5.41, 5.74) is 1.85. The lowest BCUT2D eigenvalue weighted by atomic mass is 10.1. The molecule has 0 fully saturated rings. The number of nitrogens with one attached hydrogen (secondary N) is 1. The maximum Gasteiger partial charge on any atom is 0.331 e. The third-order valence-electron chi connectivity index (χ3n) is 4.25. The zero-order valence-corrected chi connectivity index (χ0v) is 15.0. The van der Waals surface area contributed by atoms with Crippen LogP contribution in [0, 0.1) is 0 Å². The number of aromatic nitrogens is 3. The van der Waals surface area contributed by atoms with Crippen LogP contribution in [0.1, 0.15) is 9.67 Å². The second kappa shape index (κ2) is 6.39. The summed E-state index contributed by atoms with van der Waals surface area (Å²) in [5.74, 6) is 0.951. The van der Waals surface area contributed by atoms with Crippen LogP contribution in [0.15, 0.2) is 54.9 Å². The molecular formula is C19H11N5O3S. The summed E-state index contributed by atoms with van der Waals surface area (Å²) in [4.78, 5) is 31.1. The van der Waals surface area contributed by atoms with Crippen molar-refractivity contribution in [2.45, 2.75) is 0 Å². The fourth-order valence-electron chi connectivity index (χ4n) is 3.07. The number of benzene rings is 1. The molecule has 0 bridgehead atoms. The number of urea groups is 1. The second-order valence-corrected chi connectivity index (χ2v) is 6.92. The van der Waals surface area contributed by atoms with E-state index in [1.165, 1.54) is 11.3 Å². The molecule has 9 heteroatoms. The summed E-state index contributed by atoms with van der Waals surface area (Å²) in [6, 6.07) is 11.9. The molecule has 4 aromatic rings. The van der Waals surface area contributed by atoms with Gasteiger partial charge >= 0.3 is 6.03 Å². The molecule has 5 rings (SSSR count). The van der Waals surface area contributed by atoms with E-state index in [9.17, 15) is 9.59 Å². The van der Waals surface area contributed by atoms with Crippen molar-refractivity contribution in [2.75, 3.05) is 10.2 Å². The van der Waals surface area contributed by atoms with Gasteiger partial charge in [0.25, 0.3) is 0 Å². The van der Waals surface area contributed by atoms with Crippen molar-refractivity contribution in [1.29, 1.82) is 0 Å². The van der Waals surface area contributed by atoms with E-state index in [-0.39, 0.29) is 6.03 Å². The zero-order valence-electron chi connectivity index (χ0n) is 14.2. The Kier molecular flexibility index (Phi) is 3.73. The van der Waals surface area contributed by atoms with Gasteiger partial charge in [0.05, 0.1) is 27.3 Å². The number of thiophene rings is 1. The van der Waals surface area contributed by atoms with E-state index in [1.54, 1.807) is 59.8 Å². The number of anilines is 3. The van der Waals surface area contributed by atoms with Crippen molar-refractivity contribution in [2.24, 2.45) is 0 Å². The van der Waals surface area contributed by atoms with Gasteiger partial charge in [0.1, 0.15) is 10.6 Å². The summed E-state index contributed by atoms with van der Waals surface area (Å²) in [6.45, 7) is 0. The zero-order chi connectivity index (χ0) is 19.1. The maximum absolute atomic E-state index is 12.8. The summed E-state index contributed by atoms with van der Waals surface area (Å²) < 4.78 is 5.64. The number of carbonyl (C=O) groups excluding carboxylic acids is 2. The Balaban J connectivity index is 1.54. The van der Waals surface area contributed by atoms with Crippen LogP contribution in [0.3, 0.4) is 0 Å². The molecule has 0 radical (unpaired) electrons. The Morgan fingerprint density at radius 2 is 1.96 bits per heavy atom. The number of pyridine rings is 1. The van der Waals surface area contributed by atoms with Gasteiger partial charge in [-0.3, -0.25) is 9.69 Å². The lowest BCUT2D eigenvalue weighted by molar-refractivity contribution is 0.112. The highest BCUT2D eigenvalue weighted by Gasteiger charge is 2.30. The number of hydrogen-bond acceptors (Lipinski definition) is 7. The molecule has 0 aliphatic carbocycles. The maximum atomic E-state index is 12.8. The third-order valence-corrected chi connectivity index (χ3v) is 5.27. The number of carbonyl (C=O) groups is 2. The van der Waals surface area contributed by atoms with Crippen LogP contribution < -0.4 is 15.0 Å². The van der Waals surface area contributed by atoms with Gasteiger partial charge in [-0.15, -0.1) is 16.4 Å². The van der Waals surface area contributed by atoms with Gasteiger partial charge < -0.3 is 10.1 Å². The summed E-state index contributed by atoms with van der Waals surface area (Å²) in [7, 11) is 0. The molecular weight excluding hydrogens is 378 g/mol. The highest BCUT2D eigenvalue weighted by atomic mass is 32.1. The largest absolute Gasteiger partial charge is 0.438 e. The van der Waals surface area contributed by atoms with Crippen LogP contribution in [-0.4, -0.2) is 27.5 Å². The Morgan fingerprint density at radius 1 is 1.11 bits per heavy atom. The van der Waals surface area contributed by atoms with Crippen molar-refractivity contribution >= 4 is 50.9 Å². The first kappa shape index (κ1) is 16.3. The Bertz CT molecular complexity index is 1210. The van der Waals surface area contributed by atoms with E-state index < -0.39 is 0 Å². The van der Waals surface area contributed by atoms with E-state index in [0.717, 1.165) is 11.7 Å². The minimum atomic E-state index is -0.343. The fraction of sp³-hybridized carbons (Fsp3) is 0. The first-order chi connectivity index (χ1) is 13.7. The smallest absolute Gasteiger partial charge is 0.331 e. The van der Waals surface area contributed by atoms with Gasteiger partial charge in [0, 0.05) is 18.5 Å². The minimum Gasteiger partial charge on any atom is -0.438 e. The molecule has 0 saturated heterocycles. The molecule has 0 unspecified atom stereocenters. The van der Waals surface area contributed by atoms with Crippen LogP contribution >= 0.6 is 11.3 Å². The normalized spacial score (nSPS) is 12.7. The molecule has 0 atom stereocenters. The molecule has 136 valence electrons. The van der Waals surface area contributed by atoms with E-state index in [1.807, 2.05) is 0 Å². The van der Waals surface area contributed by atoms with Crippen molar-refractivity contribution in [3.05, 3.63) is 59.7 Å². The lowest BCUT2D eigenvalue weighted by Gasteiger charge is -2.28. The Hall–Kier alpha value is -3.85. The molecule has 4 heterocycles. The molecule has 0 spiro atoms. The number of nitrogens with zero attached hydrogens (tertiary/aromatic N) is 4. The molecule has 0 saturated carbocycles. The van der Waals surface area contributed by atoms with Gasteiger partial charge in [0.2, 0.25) is 5.88 Å². The second-order valence-electron chi connectivity index (χ2n) is 5.89. The molecule has 1 aliphatic rings. The average molecular weight is 389 g/mol.